The van der Waals surface area contributed by atoms with Gasteiger partial charge >= 0.3 is 0 Å². The summed E-state index contributed by atoms with van der Waals surface area (Å²) in [6.07, 6.45) is 2.58. The second-order valence-electron chi connectivity index (χ2n) is 4.17. The Morgan fingerprint density at radius 1 is 1.33 bits per heavy atom. The van der Waals surface area contributed by atoms with Crippen LogP contribution >= 0.6 is 0 Å². The normalized spacial score (nSPS) is 10.6. The van der Waals surface area contributed by atoms with Gasteiger partial charge in [-0.1, -0.05) is 18.2 Å². The third kappa shape index (κ3) is 2.54. The van der Waals surface area contributed by atoms with Crippen LogP contribution in [0.5, 0.6) is 5.75 Å². The molecule has 0 radical (unpaired) electrons. The fraction of sp³-hybridized carbons (Fsp3) is 0.357. The van der Waals surface area contributed by atoms with E-state index in [9.17, 15) is 5.11 Å². The Hall–Kier alpha value is -1.81. The minimum absolute atomic E-state index is 0.0206. The van der Waals surface area contributed by atoms with Crippen LogP contribution in [-0.2, 0) is 19.6 Å². The van der Waals surface area contributed by atoms with Gasteiger partial charge in [-0.15, -0.1) is 0 Å². The van der Waals surface area contributed by atoms with Gasteiger partial charge in [0.25, 0.3) is 0 Å². The van der Waals surface area contributed by atoms with Gasteiger partial charge in [0.1, 0.15) is 11.6 Å². The maximum atomic E-state index is 9.24. The largest absolute Gasteiger partial charge is 0.496 e. The van der Waals surface area contributed by atoms with E-state index in [-0.39, 0.29) is 6.61 Å². The summed E-state index contributed by atoms with van der Waals surface area (Å²) in [7, 11) is 1.68. The first-order valence-electron chi connectivity index (χ1n) is 6.00. The minimum atomic E-state index is 0.0206. The molecule has 0 aliphatic rings. The molecule has 0 bridgehead atoms. The molecule has 4 heteroatoms. The van der Waals surface area contributed by atoms with E-state index in [0.29, 0.717) is 0 Å². The number of hydrogen-bond donors (Lipinski definition) is 1. The number of aromatic nitrogens is 2. The molecule has 0 spiro atoms. The monoisotopic (exact) mass is 246 g/mol. The Morgan fingerprint density at radius 3 is 2.83 bits per heavy atom. The second-order valence-corrected chi connectivity index (χ2v) is 4.17. The molecule has 0 atom stereocenters. The highest BCUT2D eigenvalue weighted by Gasteiger charge is 2.07. The van der Waals surface area contributed by atoms with E-state index < -0.39 is 0 Å². The molecular weight excluding hydrogens is 228 g/mol. The van der Waals surface area contributed by atoms with Crippen LogP contribution in [0, 0.1) is 6.92 Å². The Balaban J connectivity index is 2.13. The molecule has 1 aromatic heterocycles. The van der Waals surface area contributed by atoms with Crippen LogP contribution < -0.4 is 4.74 Å². The van der Waals surface area contributed by atoms with E-state index >= 15 is 0 Å². The molecule has 0 unspecified atom stereocenters. The van der Waals surface area contributed by atoms with E-state index in [1.54, 1.807) is 13.3 Å². The van der Waals surface area contributed by atoms with Gasteiger partial charge in [0.2, 0.25) is 0 Å². The fourth-order valence-corrected chi connectivity index (χ4v) is 2.09. The number of hydrogen-bond acceptors (Lipinski definition) is 3. The minimum Gasteiger partial charge on any atom is -0.496 e. The molecule has 18 heavy (non-hydrogen) atoms. The summed E-state index contributed by atoms with van der Waals surface area (Å²) in [5.41, 5.74) is 2.01. The van der Waals surface area contributed by atoms with Crippen LogP contribution in [0.1, 0.15) is 17.1 Å². The van der Waals surface area contributed by atoms with Gasteiger partial charge in [-0.3, -0.25) is 0 Å². The van der Waals surface area contributed by atoms with Crippen LogP contribution in [0.25, 0.3) is 0 Å². The number of para-hydroxylation sites is 1. The van der Waals surface area contributed by atoms with Crippen LogP contribution in [-0.4, -0.2) is 21.8 Å². The van der Waals surface area contributed by atoms with Crippen LogP contribution in [0.15, 0.2) is 30.5 Å². The van der Waals surface area contributed by atoms with Crippen LogP contribution in [0.4, 0.5) is 0 Å². The molecule has 4 nitrogen and oxygen atoms in total. The van der Waals surface area contributed by atoms with Gasteiger partial charge in [-0.25, -0.2) is 4.98 Å². The van der Waals surface area contributed by atoms with E-state index in [4.69, 9.17) is 4.74 Å². The highest BCUT2D eigenvalue weighted by molar-refractivity contribution is 5.33. The summed E-state index contributed by atoms with van der Waals surface area (Å²) in [6, 6.07) is 7.99. The summed E-state index contributed by atoms with van der Waals surface area (Å²) in [5.74, 6) is 1.83. The van der Waals surface area contributed by atoms with Crippen molar-refractivity contribution in [2.75, 3.05) is 7.11 Å². The van der Waals surface area contributed by atoms with Crippen molar-refractivity contribution in [3.05, 3.63) is 47.5 Å². The lowest BCUT2D eigenvalue weighted by Crippen LogP contribution is -2.08. The predicted molar refractivity (Wildman–Crippen MR) is 69.6 cm³/mol. The highest BCUT2D eigenvalue weighted by atomic mass is 16.5. The molecule has 2 aromatic rings. The number of aliphatic hydroxyl groups excluding tert-OH is 1. The zero-order chi connectivity index (χ0) is 13.0. The maximum Gasteiger partial charge on any atom is 0.122 e. The van der Waals surface area contributed by atoms with Crippen molar-refractivity contribution in [1.82, 2.24) is 9.55 Å². The number of rotatable bonds is 5. The predicted octanol–water partition coefficient (Wildman–Crippen LogP) is 1.94. The molecule has 96 valence electrons. The Labute approximate surface area is 107 Å². The summed E-state index contributed by atoms with van der Waals surface area (Å²) < 4.78 is 7.36. The number of ether oxygens (including phenoxy) is 1. The molecular formula is C14H18N2O2. The zero-order valence-electron chi connectivity index (χ0n) is 10.8. The van der Waals surface area contributed by atoms with Gasteiger partial charge in [0.05, 0.1) is 25.6 Å². The van der Waals surface area contributed by atoms with Crippen molar-refractivity contribution in [1.29, 1.82) is 0 Å². The summed E-state index contributed by atoms with van der Waals surface area (Å²) in [4.78, 5) is 4.21. The number of aliphatic hydroxyl groups is 1. The van der Waals surface area contributed by atoms with Crippen molar-refractivity contribution in [3.8, 4) is 5.75 Å². The zero-order valence-corrected chi connectivity index (χ0v) is 10.8. The average Bonchev–Trinajstić information content (AvgIpc) is 2.77. The topological polar surface area (TPSA) is 47.3 Å². The van der Waals surface area contributed by atoms with Gasteiger partial charge in [0.15, 0.2) is 0 Å². The van der Waals surface area contributed by atoms with Crippen molar-refractivity contribution in [2.24, 2.45) is 0 Å². The van der Waals surface area contributed by atoms with E-state index in [1.165, 1.54) is 0 Å². The molecule has 2 rings (SSSR count). The quantitative estimate of drug-likeness (QED) is 0.877. The van der Waals surface area contributed by atoms with Crippen molar-refractivity contribution in [3.63, 3.8) is 0 Å². The number of nitrogens with zero attached hydrogens (tertiary/aromatic N) is 2. The van der Waals surface area contributed by atoms with Crippen molar-refractivity contribution < 1.29 is 9.84 Å². The van der Waals surface area contributed by atoms with E-state index in [0.717, 1.165) is 35.8 Å². The van der Waals surface area contributed by atoms with Crippen molar-refractivity contribution in [2.45, 2.75) is 26.5 Å². The molecule has 1 heterocycles. The fourth-order valence-electron chi connectivity index (χ4n) is 2.09. The van der Waals surface area contributed by atoms with Gasteiger partial charge in [-0.2, -0.15) is 0 Å². The van der Waals surface area contributed by atoms with Crippen molar-refractivity contribution >= 4 is 0 Å². The number of aryl methyl sites for hydroxylation is 2. The van der Waals surface area contributed by atoms with Gasteiger partial charge in [-0.05, 0) is 25.0 Å². The summed E-state index contributed by atoms with van der Waals surface area (Å²) >= 11 is 0. The molecule has 0 amide bonds. The number of methoxy groups -OCH3 is 1. The van der Waals surface area contributed by atoms with Crippen LogP contribution in [0.2, 0.25) is 0 Å². The first-order chi connectivity index (χ1) is 8.76. The molecule has 0 aliphatic heterocycles. The van der Waals surface area contributed by atoms with Gasteiger partial charge < -0.3 is 14.4 Å². The molecule has 0 saturated carbocycles. The Bertz CT molecular complexity index is 520. The van der Waals surface area contributed by atoms with E-state index in [2.05, 4.69) is 11.1 Å². The maximum absolute atomic E-state index is 9.24. The molecule has 1 aromatic carbocycles. The summed E-state index contributed by atoms with van der Waals surface area (Å²) in [5, 5.41) is 9.24. The lowest BCUT2D eigenvalue weighted by atomic mass is 10.1. The third-order valence-electron chi connectivity index (χ3n) is 3.10. The van der Waals surface area contributed by atoms with Gasteiger partial charge in [0, 0.05) is 6.54 Å². The third-order valence-corrected chi connectivity index (χ3v) is 3.10. The van der Waals surface area contributed by atoms with Crippen LogP contribution in [0.3, 0.4) is 0 Å². The number of imidazole rings is 1. The molecule has 0 fully saturated rings. The lowest BCUT2D eigenvalue weighted by molar-refractivity contribution is 0.270. The molecule has 0 saturated heterocycles. The standard InChI is InChI=1S/C14H18N2O2/c1-11-15-9-13(10-17)16(11)8-7-12-5-3-4-6-14(12)18-2/h3-6,9,17H,7-8,10H2,1-2H3. The first-order valence-corrected chi connectivity index (χ1v) is 6.00. The SMILES string of the molecule is COc1ccccc1CCn1c(CO)cnc1C. The highest BCUT2D eigenvalue weighted by Crippen LogP contribution is 2.19. The second kappa shape index (κ2) is 5.69. The molecule has 0 aliphatic carbocycles. The average molecular weight is 246 g/mol. The Kier molecular flexibility index (Phi) is 3.99. The Morgan fingerprint density at radius 2 is 2.11 bits per heavy atom. The smallest absolute Gasteiger partial charge is 0.122 e. The molecule has 1 N–H and O–H groups in total. The first kappa shape index (κ1) is 12.6. The van der Waals surface area contributed by atoms with E-state index in [1.807, 2.05) is 29.7 Å². The lowest BCUT2D eigenvalue weighted by Gasteiger charge is -2.11. The summed E-state index contributed by atoms with van der Waals surface area (Å²) in [6.45, 7) is 2.76. The number of benzene rings is 1.